The summed E-state index contributed by atoms with van der Waals surface area (Å²) in [6.07, 6.45) is 0. The summed E-state index contributed by atoms with van der Waals surface area (Å²) >= 11 is 1.23. The van der Waals surface area contributed by atoms with Crippen molar-refractivity contribution in [2.75, 3.05) is 11.9 Å². The fraction of sp³-hybridized carbons (Fsp3) is 0.188. The van der Waals surface area contributed by atoms with Crippen molar-refractivity contribution >= 4 is 39.6 Å². The van der Waals surface area contributed by atoms with Gasteiger partial charge in [0.25, 0.3) is 5.91 Å². The molecule has 0 atom stereocenters. The van der Waals surface area contributed by atoms with E-state index in [0.717, 1.165) is 16.8 Å². The Morgan fingerprint density at radius 2 is 2.14 bits per heavy atom. The van der Waals surface area contributed by atoms with Crippen LogP contribution < -0.4 is 5.32 Å². The zero-order valence-electron chi connectivity index (χ0n) is 12.2. The molecule has 1 amide bonds. The average Bonchev–Trinajstić information content (AvgIpc) is 3.01. The number of benzene rings is 1. The fourth-order valence-electron chi connectivity index (χ4n) is 2.24. The number of hydrogen-bond donors (Lipinski definition) is 1. The normalized spacial score (nSPS) is 14.8. The van der Waals surface area contributed by atoms with Crippen LogP contribution in [0.5, 0.6) is 0 Å². The molecule has 2 heterocycles. The summed E-state index contributed by atoms with van der Waals surface area (Å²) < 4.78 is 5.01. The molecule has 1 aliphatic heterocycles. The number of carbonyl (C=O) groups is 2. The van der Waals surface area contributed by atoms with Gasteiger partial charge in [0.2, 0.25) is 0 Å². The minimum atomic E-state index is -0.354. The Labute approximate surface area is 131 Å². The zero-order valence-corrected chi connectivity index (χ0v) is 13.0. The Hall–Kier alpha value is -2.47. The van der Waals surface area contributed by atoms with Gasteiger partial charge in [0, 0.05) is 5.56 Å². The van der Waals surface area contributed by atoms with Gasteiger partial charge in [0.15, 0.2) is 0 Å². The second-order valence-electron chi connectivity index (χ2n) is 4.78. The Kier molecular flexibility index (Phi) is 3.77. The highest BCUT2D eigenvalue weighted by Crippen LogP contribution is 2.32. The van der Waals surface area contributed by atoms with Crippen LogP contribution in [0.2, 0.25) is 0 Å². The molecule has 1 N–H and O–H groups in total. The number of amides is 1. The average molecular weight is 314 g/mol. The highest BCUT2D eigenvalue weighted by molar-refractivity contribution is 7.17. The van der Waals surface area contributed by atoms with E-state index in [9.17, 15) is 9.59 Å². The minimum Gasteiger partial charge on any atom is -0.462 e. The van der Waals surface area contributed by atoms with E-state index in [1.165, 1.54) is 11.3 Å². The summed E-state index contributed by atoms with van der Waals surface area (Å²) in [4.78, 5) is 28.8. The van der Waals surface area contributed by atoms with Crippen molar-refractivity contribution in [2.24, 2.45) is 4.99 Å². The van der Waals surface area contributed by atoms with Crippen LogP contribution in [0.25, 0.3) is 0 Å². The maximum Gasteiger partial charge on any atom is 0.348 e. The van der Waals surface area contributed by atoms with E-state index >= 15 is 0 Å². The first-order chi connectivity index (χ1) is 10.6. The first-order valence-corrected chi connectivity index (χ1v) is 7.68. The number of nitrogens with zero attached hydrogens (tertiary/aromatic N) is 1. The predicted octanol–water partition coefficient (Wildman–Crippen LogP) is 3.31. The van der Waals surface area contributed by atoms with Crippen molar-refractivity contribution in [3.8, 4) is 0 Å². The largest absolute Gasteiger partial charge is 0.462 e. The van der Waals surface area contributed by atoms with E-state index in [2.05, 4.69) is 10.3 Å². The number of rotatable bonds is 3. The molecular weight excluding hydrogens is 300 g/mol. The van der Waals surface area contributed by atoms with Gasteiger partial charge < -0.3 is 10.1 Å². The molecule has 0 spiro atoms. The molecule has 22 heavy (non-hydrogen) atoms. The Morgan fingerprint density at radius 3 is 2.91 bits per heavy atom. The lowest BCUT2D eigenvalue weighted by Crippen LogP contribution is -2.13. The van der Waals surface area contributed by atoms with Gasteiger partial charge in [-0.3, -0.25) is 4.79 Å². The molecule has 6 heteroatoms. The van der Waals surface area contributed by atoms with E-state index < -0.39 is 0 Å². The summed E-state index contributed by atoms with van der Waals surface area (Å²) in [5.74, 6) is -0.585. The van der Waals surface area contributed by atoms with Gasteiger partial charge in [0.05, 0.1) is 12.3 Å². The van der Waals surface area contributed by atoms with Crippen molar-refractivity contribution < 1.29 is 14.3 Å². The number of ether oxygens (including phenoxy) is 1. The Bertz CT molecular complexity index is 792. The molecule has 5 nitrogen and oxygen atoms in total. The van der Waals surface area contributed by atoms with Gasteiger partial charge in [-0.1, -0.05) is 18.2 Å². The quantitative estimate of drug-likeness (QED) is 0.884. The molecular formula is C16H14N2O3S. The van der Waals surface area contributed by atoms with Gasteiger partial charge in [-0.2, -0.15) is 0 Å². The molecule has 0 unspecified atom stereocenters. The van der Waals surface area contributed by atoms with Crippen LogP contribution in [0.3, 0.4) is 0 Å². The third-order valence-electron chi connectivity index (χ3n) is 3.23. The van der Waals surface area contributed by atoms with Gasteiger partial charge in [-0.05, 0) is 31.5 Å². The number of anilines is 1. The lowest BCUT2D eigenvalue weighted by molar-refractivity contribution is -0.110. The van der Waals surface area contributed by atoms with Crippen molar-refractivity contribution in [3.05, 3.63) is 46.3 Å². The lowest BCUT2D eigenvalue weighted by atomic mass is 10.1. The maximum absolute atomic E-state index is 12.0. The first-order valence-electron chi connectivity index (χ1n) is 6.87. The van der Waals surface area contributed by atoms with Crippen molar-refractivity contribution in [1.29, 1.82) is 0 Å². The number of aliphatic imine (C=N–C) groups is 1. The standard InChI is InChI=1S/C16H14N2O3S/c1-3-21-16(20)14-9(2)8-12(22-14)18-13-10-6-4-5-7-11(10)17-15(13)19/h4-8H,3H2,1-2H3,(H,17,18,19). The second-order valence-corrected chi connectivity index (χ2v) is 5.81. The van der Waals surface area contributed by atoms with Crippen molar-refractivity contribution in [1.82, 2.24) is 0 Å². The Balaban J connectivity index is 1.98. The zero-order chi connectivity index (χ0) is 15.7. The number of para-hydroxylation sites is 1. The molecule has 0 saturated carbocycles. The van der Waals surface area contributed by atoms with Crippen LogP contribution >= 0.6 is 11.3 Å². The fourth-order valence-corrected chi connectivity index (χ4v) is 3.19. The number of fused-ring (bicyclic) bond motifs is 1. The third-order valence-corrected chi connectivity index (χ3v) is 4.34. The van der Waals surface area contributed by atoms with E-state index in [-0.39, 0.29) is 11.9 Å². The number of thiophene rings is 1. The number of nitrogens with one attached hydrogen (secondary N) is 1. The smallest absolute Gasteiger partial charge is 0.348 e. The summed E-state index contributed by atoms with van der Waals surface area (Å²) in [6.45, 7) is 3.92. The molecule has 0 fully saturated rings. The molecule has 3 rings (SSSR count). The molecule has 0 aliphatic carbocycles. The van der Waals surface area contributed by atoms with Crippen molar-refractivity contribution in [3.63, 3.8) is 0 Å². The van der Waals surface area contributed by atoms with Crippen LogP contribution in [0.4, 0.5) is 10.7 Å². The molecule has 0 bridgehead atoms. The number of carbonyl (C=O) groups excluding carboxylic acids is 2. The van der Waals surface area contributed by atoms with Gasteiger partial charge in [-0.25, -0.2) is 9.79 Å². The van der Waals surface area contributed by atoms with Gasteiger partial charge >= 0.3 is 5.97 Å². The lowest BCUT2D eigenvalue weighted by Gasteiger charge is -1.98. The molecule has 0 radical (unpaired) electrons. The Morgan fingerprint density at radius 1 is 1.36 bits per heavy atom. The molecule has 1 aromatic heterocycles. The van der Waals surface area contributed by atoms with Crippen LogP contribution in [-0.2, 0) is 9.53 Å². The SMILES string of the molecule is CCOC(=O)c1sc(N=C2C(=O)Nc3ccccc32)cc1C. The number of esters is 1. The second kappa shape index (κ2) is 5.73. The topological polar surface area (TPSA) is 67.8 Å². The summed E-state index contributed by atoms with van der Waals surface area (Å²) in [5.41, 5.74) is 2.70. The van der Waals surface area contributed by atoms with E-state index in [1.807, 2.05) is 31.2 Å². The van der Waals surface area contributed by atoms with Crippen LogP contribution in [0, 0.1) is 6.92 Å². The van der Waals surface area contributed by atoms with Crippen molar-refractivity contribution in [2.45, 2.75) is 13.8 Å². The van der Waals surface area contributed by atoms with Crippen LogP contribution in [0.15, 0.2) is 35.3 Å². The highest BCUT2D eigenvalue weighted by atomic mass is 32.1. The highest BCUT2D eigenvalue weighted by Gasteiger charge is 2.26. The van der Waals surface area contributed by atoms with Crippen LogP contribution in [-0.4, -0.2) is 24.2 Å². The van der Waals surface area contributed by atoms with Crippen LogP contribution in [0.1, 0.15) is 27.7 Å². The predicted molar refractivity (Wildman–Crippen MR) is 86.3 cm³/mol. The van der Waals surface area contributed by atoms with E-state index in [1.54, 1.807) is 13.0 Å². The summed E-state index contributed by atoms with van der Waals surface area (Å²) in [5, 5.41) is 3.39. The number of aryl methyl sites for hydroxylation is 1. The number of hydrogen-bond acceptors (Lipinski definition) is 5. The van der Waals surface area contributed by atoms with Gasteiger partial charge in [-0.15, -0.1) is 11.3 Å². The molecule has 112 valence electrons. The first kappa shape index (κ1) is 14.5. The summed E-state index contributed by atoms with van der Waals surface area (Å²) in [6, 6.07) is 9.19. The molecule has 0 saturated heterocycles. The summed E-state index contributed by atoms with van der Waals surface area (Å²) in [7, 11) is 0. The monoisotopic (exact) mass is 314 g/mol. The molecule has 1 aliphatic rings. The molecule has 1 aromatic carbocycles. The third kappa shape index (κ3) is 2.53. The van der Waals surface area contributed by atoms with Gasteiger partial charge in [0.1, 0.15) is 15.6 Å². The minimum absolute atomic E-state index is 0.232. The van der Waals surface area contributed by atoms with E-state index in [0.29, 0.717) is 22.2 Å². The maximum atomic E-state index is 12.0. The van der Waals surface area contributed by atoms with E-state index in [4.69, 9.17) is 4.74 Å². The molecule has 2 aromatic rings.